The highest BCUT2D eigenvalue weighted by atomic mass is 32.1. The molecular weight excluding hydrogens is 979 g/mol. The molecular formula is C44H37N7O6S8. The summed E-state index contributed by atoms with van der Waals surface area (Å²) in [6, 6.07) is 13.6. The molecule has 1 aromatic carbocycles. The van der Waals surface area contributed by atoms with Crippen molar-refractivity contribution < 1.29 is 29.4 Å². The molecule has 2 N–H and O–H groups in total. The fourth-order valence-corrected chi connectivity index (χ4v) is 12.9. The Hall–Kier alpha value is -5.39. The molecule has 0 aliphatic carbocycles. The summed E-state index contributed by atoms with van der Waals surface area (Å²) >= 11 is 11.7. The molecule has 8 aromatic heterocycles. The van der Waals surface area contributed by atoms with Crippen molar-refractivity contribution >= 4 is 114 Å². The molecule has 0 atom stereocenters. The van der Waals surface area contributed by atoms with Gasteiger partial charge in [0.2, 0.25) is 11.8 Å². The number of ketones is 4. The van der Waals surface area contributed by atoms with Crippen LogP contribution in [0.25, 0.3) is 52.2 Å². The number of aromatic nitrogens is 7. The van der Waals surface area contributed by atoms with E-state index in [1.165, 1.54) is 74.9 Å². The van der Waals surface area contributed by atoms with Crippen LogP contribution in [-0.4, -0.2) is 68.2 Å². The van der Waals surface area contributed by atoms with E-state index in [-0.39, 0.29) is 47.7 Å². The van der Waals surface area contributed by atoms with Crippen molar-refractivity contribution in [2.45, 2.75) is 60.3 Å². The molecule has 0 fully saturated rings. The molecule has 13 nitrogen and oxygen atoms in total. The summed E-state index contributed by atoms with van der Waals surface area (Å²) in [6.45, 7) is 8.54. The van der Waals surface area contributed by atoms with Crippen LogP contribution in [0.5, 0.6) is 11.8 Å². The lowest BCUT2D eigenvalue weighted by Crippen LogP contribution is -2.04. The molecule has 332 valence electrons. The molecule has 65 heavy (non-hydrogen) atoms. The van der Waals surface area contributed by atoms with Gasteiger partial charge in [-0.25, -0.2) is 34.9 Å². The highest BCUT2D eigenvalue weighted by Crippen LogP contribution is 2.41. The van der Waals surface area contributed by atoms with Gasteiger partial charge in [-0.3, -0.25) is 19.2 Å². The summed E-state index contributed by atoms with van der Waals surface area (Å²) in [5, 5.41) is 34.9. The number of benzene rings is 1. The Morgan fingerprint density at radius 1 is 0.508 bits per heavy atom. The van der Waals surface area contributed by atoms with E-state index in [4.69, 9.17) is 0 Å². The van der Waals surface area contributed by atoms with Crippen molar-refractivity contribution in [2.75, 3.05) is 0 Å². The third-order valence-electron chi connectivity index (χ3n) is 8.58. The quantitative estimate of drug-likeness (QED) is 0.0976. The zero-order chi connectivity index (χ0) is 46.2. The van der Waals surface area contributed by atoms with Crippen LogP contribution < -0.4 is 0 Å². The molecule has 9 rings (SSSR count). The summed E-state index contributed by atoms with van der Waals surface area (Å²) in [5.74, 6) is 0.118. The molecule has 0 amide bonds. The fourth-order valence-electron chi connectivity index (χ4n) is 5.81. The number of thiophene rings is 1. The van der Waals surface area contributed by atoms with Crippen LogP contribution in [0.4, 0.5) is 0 Å². The lowest BCUT2D eigenvalue weighted by molar-refractivity contribution is -0.117. The van der Waals surface area contributed by atoms with Crippen LogP contribution in [0.2, 0.25) is 0 Å². The first-order valence-electron chi connectivity index (χ1n) is 19.4. The van der Waals surface area contributed by atoms with Gasteiger partial charge in [-0.1, -0.05) is 36.4 Å². The van der Waals surface area contributed by atoms with Crippen LogP contribution in [0.3, 0.4) is 0 Å². The Labute approximate surface area is 405 Å². The van der Waals surface area contributed by atoms with Gasteiger partial charge in [0.05, 0.1) is 63.2 Å². The fraction of sp³-hybridized carbons (Fsp3) is 0.205. The van der Waals surface area contributed by atoms with Crippen LogP contribution >= 0.6 is 90.7 Å². The monoisotopic (exact) mass is 1020 g/mol. The summed E-state index contributed by atoms with van der Waals surface area (Å²) in [6.07, 6.45) is 1.17. The van der Waals surface area contributed by atoms with Gasteiger partial charge in [0.15, 0.2) is 5.78 Å². The summed E-state index contributed by atoms with van der Waals surface area (Å²) < 4.78 is 0. The van der Waals surface area contributed by atoms with Gasteiger partial charge in [0.1, 0.15) is 62.8 Å². The molecule has 0 unspecified atom stereocenters. The molecule has 0 aliphatic rings. The first-order valence-corrected chi connectivity index (χ1v) is 26.3. The van der Waals surface area contributed by atoms with E-state index in [1.54, 1.807) is 41.9 Å². The van der Waals surface area contributed by atoms with Crippen molar-refractivity contribution in [1.29, 1.82) is 0 Å². The topological polar surface area (TPSA) is 199 Å². The Morgan fingerprint density at radius 3 is 1.51 bits per heavy atom. The van der Waals surface area contributed by atoms with Gasteiger partial charge in [0.25, 0.3) is 0 Å². The Morgan fingerprint density at radius 2 is 1.00 bits per heavy atom. The van der Waals surface area contributed by atoms with Crippen molar-refractivity contribution in [3.8, 4) is 63.9 Å². The second kappa shape index (κ2) is 21.7. The van der Waals surface area contributed by atoms with Gasteiger partial charge < -0.3 is 10.2 Å². The minimum absolute atomic E-state index is 0.00178. The number of rotatable bonds is 14. The van der Waals surface area contributed by atoms with Crippen LogP contribution in [-0.2, 0) is 40.1 Å². The minimum atomic E-state index is -0.0702. The Kier molecular flexibility index (Phi) is 15.9. The largest absolute Gasteiger partial charge is 0.492 e. The maximum Gasteiger partial charge on any atom is 0.232 e. The van der Waals surface area contributed by atoms with E-state index in [1.807, 2.05) is 77.8 Å². The van der Waals surface area contributed by atoms with Gasteiger partial charge >= 0.3 is 0 Å². The number of aromatic hydroxyl groups is 2. The average molecular weight is 1020 g/mol. The van der Waals surface area contributed by atoms with Crippen molar-refractivity contribution in [3.63, 3.8) is 0 Å². The number of carbonyl (C=O) groups is 4. The molecule has 0 saturated carbocycles. The second-order valence-electron chi connectivity index (χ2n) is 14.1. The normalized spacial score (nSPS) is 10.8. The third-order valence-corrected chi connectivity index (χ3v) is 16.3. The standard InChI is InChI=1S/C16H15N3O2S3.C15H12N2O2S2.C13H10N2O2S3/c1-8(20)4-14-18-11(6-22-14)13(21)5-15-19-12(7-23-15)16-9(2)17-10(3)24-16;1-9(18)7-12-16-11(8-20-12)13-14(19)17-15(21-13)10-5-3-2-4-6-10;1-7(16)5-10-14-8(6-19-10)11-12(17)15-13(20-11)9-3-2-4-18-9/h6-7H,4-5H2,1-3H3;2-6,8,19H,7H2,1H3;2-4,6,17H,5H2,1H3. The highest BCUT2D eigenvalue weighted by molar-refractivity contribution is 7.23. The number of Topliss-reactive ketones (excluding diaryl/α,β-unsaturated/α-hetero) is 4. The van der Waals surface area contributed by atoms with Crippen molar-refractivity contribution in [2.24, 2.45) is 0 Å². The zero-order valence-electron chi connectivity index (χ0n) is 35.2. The predicted octanol–water partition coefficient (Wildman–Crippen LogP) is 11.5. The first kappa shape index (κ1) is 47.6. The first-order chi connectivity index (χ1) is 31.2. The lowest BCUT2D eigenvalue weighted by atomic mass is 10.2. The van der Waals surface area contributed by atoms with Gasteiger partial charge in [0, 0.05) is 27.1 Å². The van der Waals surface area contributed by atoms with E-state index < -0.39 is 0 Å². The van der Waals surface area contributed by atoms with E-state index in [0.29, 0.717) is 44.7 Å². The smallest absolute Gasteiger partial charge is 0.232 e. The Balaban J connectivity index is 0.000000146. The molecule has 0 spiro atoms. The van der Waals surface area contributed by atoms with Crippen molar-refractivity contribution in [1.82, 2.24) is 34.9 Å². The van der Waals surface area contributed by atoms with Crippen LogP contribution in [0.15, 0.2) is 69.4 Å². The zero-order valence-corrected chi connectivity index (χ0v) is 41.7. The van der Waals surface area contributed by atoms with Crippen LogP contribution in [0, 0.1) is 13.8 Å². The third kappa shape index (κ3) is 12.7. The minimum Gasteiger partial charge on any atom is -0.492 e. The molecule has 8 heterocycles. The molecule has 0 bridgehead atoms. The molecule has 9 aromatic rings. The number of nitrogens with zero attached hydrogens (tertiary/aromatic N) is 7. The highest BCUT2D eigenvalue weighted by Gasteiger charge is 2.20. The maximum atomic E-state index is 12.3. The van der Waals surface area contributed by atoms with E-state index in [9.17, 15) is 29.4 Å². The predicted molar refractivity (Wildman–Crippen MR) is 265 cm³/mol. The van der Waals surface area contributed by atoms with Gasteiger partial charge in [-0.15, -0.1) is 90.7 Å². The number of hydrogen-bond donors (Lipinski definition) is 2. The summed E-state index contributed by atoms with van der Waals surface area (Å²) in [7, 11) is 0. The average Bonchev–Trinajstić information content (AvgIpc) is 4.10. The maximum absolute atomic E-state index is 12.3. The molecule has 21 heteroatoms. The van der Waals surface area contributed by atoms with Gasteiger partial charge in [-0.2, -0.15) is 0 Å². The molecule has 0 radical (unpaired) electrons. The number of hydrogen-bond acceptors (Lipinski definition) is 21. The SMILES string of the molecule is CC(=O)Cc1nc(-c2sc(-c3ccccc3)nc2O)cs1.CC(=O)Cc1nc(-c2sc(-c3cccs3)nc2O)cs1.CC(=O)Cc1nc(C(=O)Cc2nc(-c3sc(C)nc3C)cs2)cs1. The van der Waals surface area contributed by atoms with Gasteiger partial charge in [-0.05, 0) is 46.1 Å². The van der Waals surface area contributed by atoms with Crippen molar-refractivity contribution in [3.05, 3.63) is 106 Å². The molecule has 0 aliphatic heterocycles. The van der Waals surface area contributed by atoms with E-state index in [2.05, 4.69) is 34.9 Å². The van der Waals surface area contributed by atoms with E-state index in [0.717, 1.165) is 56.8 Å². The van der Waals surface area contributed by atoms with Crippen LogP contribution in [0.1, 0.15) is 62.0 Å². The summed E-state index contributed by atoms with van der Waals surface area (Å²) in [5.41, 5.74) is 4.58. The lowest BCUT2D eigenvalue weighted by Gasteiger charge is -1.94. The number of thiazole rings is 7. The number of aryl methyl sites for hydroxylation is 2. The van der Waals surface area contributed by atoms with E-state index >= 15 is 0 Å². The second-order valence-corrected chi connectivity index (χ2v) is 22.0. The Bertz CT molecular complexity index is 3080. The number of carbonyl (C=O) groups excluding carboxylic acids is 4. The summed E-state index contributed by atoms with van der Waals surface area (Å²) in [4.78, 5) is 79.4. The molecule has 0 saturated heterocycles.